The Morgan fingerprint density at radius 2 is 2.00 bits per heavy atom. The van der Waals surface area contributed by atoms with Gasteiger partial charge in [-0.2, -0.15) is 4.31 Å². The summed E-state index contributed by atoms with van der Waals surface area (Å²) in [6.45, 7) is -0.112. The molecule has 1 amide bonds. The number of pyridine rings is 1. The highest BCUT2D eigenvalue weighted by atomic mass is 32.2. The summed E-state index contributed by atoms with van der Waals surface area (Å²) in [5, 5.41) is 2.77. The second-order valence-corrected chi connectivity index (χ2v) is 11.1. The number of nitrogens with zero attached hydrogens (tertiary/aromatic N) is 3. The van der Waals surface area contributed by atoms with Gasteiger partial charge in [-0.3, -0.25) is 14.6 Å². The van der Waals surface area contributed by atoms with Crippen LogP contribution in [0.25, 0.3) is 11.3 Å². The molecule has 0 fully saturated rings. The zero-order valence-corrected chi connectivity index (χ0v) is 20.3. The standard InChI is InChI=1S/C24H21N5O4S2/c1-35(32,33)29-12-18-22(19(30)13-29)17(9-15-5-3-2-4-6-15)23(27-18)16-7-8-26-21(10-16)28-24(31)20-11-25-14-34-20/h2-8,10-11,14,27H,9,12-13H2,1H3,(H,26,28,31). The lowest BCUT2D eigenvalue weighted by Gasteiger charge is -2.24. The second kappa shape index (κ2) is 9.17. The maximum Gasteiger partial charge on any atom is 0.268 e. The zero-order chi connectivity index (χ0) is 24.6. The molecule has 0 unspecified atom stereocenters. The summed E-state index contributed by atoms with van der Waals surface area (Å²) in [5.74, 6) is -0.215. The van der Waals surface area contributed by atoms with Crippen molar-refractivity contribution in [3.8, 4) is 11.3 Å². The number of carbonyl (C=O) groups excluding carboxylic acids is 2. The van der Waals surface area contributed by atoms with Crippen LogP contribution in [0, 0.1) is 0 Å². The van der Waals surface area contributed by atoms with Crippen LogP contribution in [0.2, 0.25) is 0 Å². The number of ketones is 1. The quantitative estimate of drug-likeness (QED) is 0.412. The van der Waals surface area contributed by atoms with Gasteiger partial charge >= 0.3 is 0 Å². The van der Waals surface area contributed by atoms with Gasteiger partial charge < -0.3 is 10.3 Å². The molecule has 3 aromatic heterocycles. The van der Waals surface area contributed by atoms with Gasteiger partial charge in [0.25, 0.3) is 5.91 Å². The fraction of sp³-hybridized carbons (Fsp3) is 0.167. The zero-order valence-electron chi connectivity index (χ0n) is 18.7. The van der Waals surface area contributed by atoms with Crippen molar-refractivity contribution in [3.63, 3.8) is 0 Å². The van der Waals surface area contributed by atoms with Crippen molar-refractivity contribution >= 4 is 38.9 Å². The number of nitrogens with one attached hydrogen (secondary N) is 2. The first-order valence-corrected chi connectivity index (χ1v) is 13.4. The van der Waals surface area contributed by atoms with E-state index in [1.807, 2.05) is 30.3 Å². The maximum absolute atomic E-state index is 13.1. The normalized spacial score (nSPS) is 14.0. The third-order valence-electron chi connectivity index (χ3n) is 5.75. The Balaban J connectivity index is 1.57. The summed E-state index contributed by atoms with van der Waals surface area (Å²) in [5.41, 5.74) is 5.87. The Hall–Kier alpha value is -3.67. The Labute approximate surface area is 205 Å². The van der Waals surface area contributed by atoms with E-state index >= 15 is 0 Å². The molecule has 0 bridgehead atoms. The van der Waals surface area contributed by atoms with Gasteiger partial charge in [0.05, 0.1) is 36.7 Å². The summed E-state index contributed by atoms with van der Waals surface area (Å²) in [4.78, 5) is 37.6. The van der Waals surface area contributed by atoms with Crippen molar-refractivity contribution in [1.29, 1.82) is 0 Å². The number of hydrogen-bond acceptors (Lipinski definition) is 7. The molecule has 1 aliphatic heterocycles. The molecule has 2 N–H and O–H groups in total. The summed E-state index contributed by atoms with van der Waals surface area (Å²) in [6.07, 6.45) is 4.65. The fourth-order valence-corrected chi connectivity index (χ4v) is 5.37. The number of thiazole rings is 1. The van der Waals surface area contributed by atoms with Crippen LogP contribution in [-0.4, -0.2) is 52.2 Å². The van der Waals surface area contributed by atoms with Crippen LogP contribution < -0.4 is 5.32 Å². The predicted octanol–water partition coefficient (Wildman–Crippen LogP) is 3.33. The molecule has 4 aromatic rings. The topological polar surface area (TPSA) is 125 Å². The van der Waals surface area contributed by atoms with Crippen LogP contribution in [0.1, 0.15) is 36.9 Å². The van der Waals surface area contributed by atoms with Crippen LogP contribution in [0.4, 0.5) is 5.82 Å². The minimum atomic E-state index is -3.54. The minimum Gasteiger partial charge on any atom is -0.356 e. The average Bonchev–Trinajstić information content (AvgIpc) is 3.48. The molecular formula is C24H21N5O4S2. The lowest BCUT2D eigenvalue weighted by molar-refractivity contribution is 0.0948. The van der Waals surface area contributed by atoms with Crippen molar-refractivity contribution in [2.24, 2.45) is 0 Å². The van der Waals surface area contributed by atoms with E-state index in [0.717, 1.165) is 27.3 Å². The van der Waals surface area contributed by atoms with E-state index in [9.17, 15) is 18.0 Å². The van der Waals surface area contributed by atoms with Gasteiger partial charge in [-0.1, -0.05) is 30.3 Å². The molecule has 0 saturated carbocycles. The SMILES string of the molecule is CS(=O)(=O)N1CC(=O)c2c([nH]c(-c3ccnc(NC(=O)c4cncs4)c3)c2Cc2ccccc2)C1. The molecule has 1 aliphatic rings. The number of aromatic amines is 1. The number of anilines is 1. The minimum absolute atomic E-state index is 0.0851. The number of rotatable bonds is 6. The maximum atomic E-state index is 13.1. The van der Waals surface area contributed by atoms with Crippen LogP contribution in [0.3, 0.4) is 0 Å². The van der Waals surface area contributed by atoms with E-state index in [1.165, 1.54) is 17.5 Å². The van der Waals surface area contributed by atoms with Gasteiger partial charge in [0.2, 0.25) is 10.0 Å². The second-order valence-electron chi connectivity index (χ2n) is 8.20. The van der Waals surface area contributed by atoms with Crippen molar-refractivity contribution < 1.29 is 18.0 Å². The molecule has 9 nitrogen and oxygen atoms in total. The molecule has 1 aromatic carbocycles. The third-order valence-corrected chi connectivity index (χ3v) is 7.72. The van der Waals surface area contributed by atoms with Gasteiger partial charge in [0.15, 0.2) is 5.78 Å². The van der Waals surface area contributed by atoms with E-state index in [4.69, 9.17) is 0 Å². The summed E-state index contributed by atoms with van der Waals surface area (Å²) >= 11 is 1.23. The van der Waals surface area contributed by atoms with Gasteiger partial charge in [0, 0.05) is 29.4 Å². The summed E-state index contributed by atoms with van der Waals surface area (Å²) in [7, 11) is -3.54. The lowest BCUT2D eigenvalue weighted by atomic mass is 9.94. The smallest absolute Gasteiger partial charge is 0.268 e. The highest BCUT2D eigenvalue weighted by molar-refractivity contribution is 7.88. The van der Waals surface area contributed by atoms with Crippen molar-refractivity contribution in [2.45, 2.75) is 13.0 Å². The molecule has 35 heavy (non-hydrogen) atoms. The lowest BCUT2D eigenvalue weighted by Crippen LogP contribution is -2.38. The average molecular weight is 508 g/mol. The van der Waals surface area contributed by atoms with Crippen LogP contribution >= 0.6 is 11.3 Å². The molecule has 178 valence electrons. The first-order chi connectivity index (χ1) is 16.8. The fourth-order valence-electron chi connectivity index (χ4n) is 4.14. The van der Waals surface area contributed by atoms with E-state index in [0.29, 0.717) is 34.1 Å². The number of Topliss-reactive ketones (excluding diaryl/α,β-unsaturated/α-hetero) is 1. The first kappa shape index (κ1) is 23.1. The number of aromatic nitrogens is 3. The Bertz CT molecular complexity index is 1510. The van der Waals surface area contributed by atoms with E-state index in [2.05, 4.69) is 20.3 Å². The van der Waals surface area contributed by atoms with Crippen molar-refractivity contribution in [3.05, 3.63) is 87.6 Å². The molecule has 4 heterocycles. The van der Waals surface area contributed by atoms with Gasteiger partial charge in [-0.15, -0.1) is 11.3 Å². The third kappa shape index (κ3) is 4.78. The number of sulfonamides is 1. The highest BCUT2D eigenvalue weighted by Gasteiger charge is 2.33. The number of carbonyl (C=O) groups is 2. The van der Waals surface area contributed by atoms with Gasteiger partial charge in [0.1, 0.15) is 10.7 Å². The van der Waals surface area contributed by atoms with Crippen molar-refractivity contribution in [1.82, 2.24) is 19.3 Å². The summed E-state index contributed by atoms with van der Waals surface area (Å²) in [6, 6.07) is 13.3. The van der Waals surface area contributed by atoms with Crippen molar-refractivity contribution in [2.75, 3.05) is 18.1 Å². The number of hydrogen-bond donors (Lipinski definition) is 2. The van der Waals surface area contributed by atoms with E-state index < -0.39 is 10.0 Å². The molecular weight excluding hydrogens is 486 g/mol. The molecule has 11 heteroatoms. The van der Waals surface area contributed by atoms with Gasteiger partial charge in [-0.25, -0.2) is 13.4 Å². The molecule has 5 rings (SSSR count). The monoisotopic (exact) mass is 507 g/mol. The highest BCUT2D eigenvalue weighted by Crippen LogP contribution is 2.34. The number of amides is 1. The van der Waals surface area contributed by atoms with E-state index in [1.54, 1.807) is 23.8 Å². The van der Waals surface area contributed by atoms with Crippen LogP contribution in [0.15, 0.2) is 60.4 Å². The molecule has 0 aliphatic carbocycles. The molecule has 0 atom stereocenters. The van der Waals surface area contributed by atoms with Gasteiger partial charge in [-0.05, 0) is 23.3 Å². The van der Waals surface area contributed by atoms with E-state index in [-0.39, 0.29) is 24.8 Å². The molecule has 0 radical (unpaired) electrons. The summed E-state index contributed by atoms with van der Waals surface area (Å²) < 4.78 is 25.5. The Kier molecular flexibility index (Phi) is 6.05. The Morgan fingerprint density at radius 1 is 1.20 bits per heavy atom. The number of H-pyrrole nitrogens is 1. The largest absolute Gasteiger partial charge is 0.356 e. The first-order valence-electron chi connectivity index (χ1n) is 10.7. The number of benzene rings is 1. The van der Waals surface area contributed by atoms with Crippen LogP contribution in [0.5, 0.6) is 0 Å². The Morgan fingerprint density at radius 3 is 2.71 bits per heavy atom. The van der Waals surface area contributed by atoms with Crippen LogP contribution in [-0.2, 0) is 23.0 Å². The molecule has 0 saturated heterocycles. The molecule has 0 spiro atoms. The number of fused-ring (bicyclic) bond motifs is 1. The predicted molar refractivity (Wildman–Crippen MR) is 133 cm³/mol.